The van der Waals surface area contributed by atoms with Gasteiger partial charge in [0.2, 0.25) is 0 Å². The average Bonchev–Trinajstić information content (AvgIpc) is 3.86. The van der Waals surface area contributed by atoms with Crippen LogP contribution in [0.2, 0.25) is 0 Å². The fourth-order valence-electron chi connectivity index (χ4n) is 11.4. The smallest absolute Gasteiger partial charge is 0.161 e. The third-order valence-electron chi connectivity index (χ3n) is 14.2. The normalized spacial score (nSPS) is 19.7. The van der Waals surface area contributed by atoms with Crippen molar-refractivity contribution in [3.63, 3.8) is 0 Å². The van der Waals surface area contributed by atoms with Gasteiger partial charge in [-0.25, -0.2) is 9.97 Å². The molecule has 0 saturated heterocycles. The van der Waals surface area contributed by atoms with Crippen molar-refractivity contribution < 1.29 is 0 Å². The summed E-state index contributed by atoms with van der Waals surface area (Å²) in [5.74, 6) is 1.77. The summed E-state index contributed by atoms with van der Waals surface area (Å²) in [7, 11) is 0. The van der Waals surface area contributed by atoms with Crippen molar-refractivity contribution in [1.29, 1.82) is 0 Å². The molecule has 0 N–H and O–H groups in total. The second kappa shape index (κ2) is 12.8. The van der Waals surface area contributed by atoms with E-state index < -0.39 is 0 Å². The molecule has 58 heavy (non-hydrogen) atoms. The third-order valence-corrected chi connectivity index (χ3v) is 15.3. The molecule has 2 atom stereocenters. The number of hydrogen-bond donors (Lipinski definition) is 0. The third kappa shape index (κ3) is 5.02. The van der Waals surface area contributed by atoms with Gasteiger partial charge in [0.1, 0.15) is 4.83 Å². The molecule has 6 aromatic carbocycles. The molecule has 1 spiro atoms. The van der Waals surface area contributed by atoms with E-state index in [9.17, 15) is 0 Å². The molecule has 2 unspecified atom stereocenters. The van der Waals surface area contributed by atoms with Gasteiger partial charge in [-0.15, -0.1) is 11.3 Å². The highest BCUT2D eigenvalue weighted by atomic mass is 32.1. The maximum Gasteiger partial charge on any atom is 0.161 e. The highest BCUT2D eigenvalue weighted by Crippen LogP contribution is 2.64. The summed E-state index contributed by atoms with van der Waals surface area (Å²) in [5.41, 5.74) is 17.4. The van der Waals surface area contributed by atoms with E-state index in [4.69, 9.17) is 9.97 Å². The van der Waals surface area contributed by atoms with E-state index in [0.717, 1.165) is 32.9 Å². The van der Waals surface area contributed by atoms with Crippen molar-refractivity contribution >= 4 is 37.2 Å². The van der Waals surface area contributed by atoms with Gasteiger partial charge in [0.05, 0.1) is 5.69 Å². The van der Waals surface area contributed by atoms with Crippen LogP contribution in [0.25, 0.3) is 70.8 Å². The van der Waals surface area contributed by atoms with Gasteiger partial charge in [0.15, 0.2) is 5.82 Å². The minimum Gasteiger partial charge on any atom is -0.227 e. The summed E-state index contributed by atoms with van der Waals surface area (Å²) < 4.78 is 1.23. The number of fused-ring (bicyclic) bond motifs is 11. The quantitative estimate of drug-likeness (QED) is 0.178. The zero-order valence-electron chi connectivity index (χ0n) is 33.0. The maximum atomic E-state index is 5.21. The number of thiophene rings is 1. The van der Waals surface area contributed by atoms with Crippen LogP contribution in [0.1, 0.15) is 74.1 Å². The molecular formula is C55H44N2S. The predicted octanol–water partition coefficient (Wildman–Crippen LogP) is 14.7. The van der Waals surface area contributed by atoms with Gasteiger partial charge in [0, 0.05) is 43.3 Å². The summed E-state index contributed by atoms with van der Waals surface area (Å²) in [5, 5.41) is 2.34. The highest BCUT2D eigenvalue weighted by Gasteiger charge is 2.53. The van der Waals surface area contributed by atoms with Crippen LogP contribution in [-0.4, -0.2) is 9.97 Å². The van der Waals surface area contributed by atoms with Crippen molar-refractivity contribution in [3.8, 4) is 44.9 Å². The van der Waals surface area contributed by atoms with Crippen molar-refractivity contribution in [2.75, 3.05) is 0 Å². The van der Waals surface area contributed by atoms with Gasteiger partial charge < -0.3 is 0 Å². The Morgan fingerprint density at radius 1 is 0.569 bits per heavy atom. The molecular weight excluding hydrogens is 721 g/mol. The fourth-order valence-corrected chi connectivity index (χ4v) is 12.5. The Balaban J connectivity index is 0.860. The van der Waals surface area contributed by atoms with E-state index in [0.29, 0.717) is 11.8 Å². The molecule has 0 aliphatic heterocycles. The molecule has 0 bridgehead atoms. The van der Waals surface area contributed by atoms with Gasteiger partial charge in [-0.2, -0.15) is 0 Å². The molecule has 0 amide bonds. The highest BCUT2D eigenvalue weighted by molar-refractivity contribution is 7.25. The molecule has 2 heterocycles. The number of benzene rings is 6. The lowest BCUT2D eigenvalue weighted by molar-refractivity contribution is 0.233. The van der Waals surface area contributed by atoms with Crippen LogP contribution >= 0.6 is 11.3 Å². The molecule has 12 rings (SSSR count). The Bertz CT molecular complexity index is 2990. The summed E-state index contributed by atoms with van der Waals surface area (Å²) in [6, 6.07) is 53.6. The predicted molar refractivity (Wildman–Crippen MR) is 243 cm³/mol. The van der Waals surface area contributed by atoms with E-state index in [2.05, 4.69) is 172 Å². The topological polar surface area (TPSA) is 25.8 Å². The molecule has 4 aliphatic rings. The standard InChI is InChI=1S/C55H44N2S/c1-54(2)45-28-27-39(31-42(45)44-33-48-43(32-47(44)54)40-15-7-9-17-46(40)55(48)29-11-4-12-30-55)36-21-19-34(20-22-36)35-23-25-38(26-24-35)52-56-51(37-13-5-3-6-14-37)50-41-16-8-10-18-49(41)58-53(50)57-52/h3,5-10,13-28,31-33,43,48H,4,11-12,29-30H2,1-2H3. The van der Waals surface area contributed by atoms with Crippen LogP contribution in [0.4, 0.5) is 0 Å². The van der Waals surface area contributed by atoms with Crippen LogP contribution in [0.15, 0.2) is 163 Å². The van der Waals surface area contributed by atoms with Crippen molar-refractivity contribution in [2.45, 2.75) is 62.7 Å². The molecule has 2 aromatic heterocycles. The molecule has 1 fully saturated rings. The first-order chi connectivity index (χ1) is 28.5. The summed E-state index contributed by atoms with van der Waals surface area (Å²) in [4.78, 5) is 11.3. The number of nitrogens with zero attached hydrogens (tertiary/aromatic N) is 2. The number of aromatic nitrogens is 2. The van der Waals surface area contributed by atoms with Crippen molar-refractivity contribution in [3.05, 3.63) is 186 Å². The summed E-state index contributed by atoms with van der Waals surface area (Å²) in [6.07, 6.45) is 12.1. The van der Waals surface area contributed by atoms with E-state index in [1.807, 2.05) is 0 Å². The Kier molecular flexibility index (Phi) is 7.54. The largest absolute Gasteiger partial charge is 0.227 e. The van der Waals surface area contributed by atoms with Crippen LogP contribution in [0, 0.1) is 5.92 Å². The first-order valence-corrected chi connectivity index (χ1v) is 21.9. The minimum absolute atomic E-state index is 0.0181. The first-order valence-electron chi connectivity index (χ1n) is 21.1. The van der Waals surface area contributed by atoms with Crippen molar-refractivity contribution in [2.24, 2.45) is 5.92 Å². The SMILES string of the molecule is CC1(C)C2=CC3c4ccccc4C4(CCCCC4)C3C=C2c2cc(-c3ccc(-c4ccc(-c5nc(-c6ccccc6)c6c(n5)sc5ccccc56)cc4)cc3)ccc21. The fraction of sp³-hybridized carbons (Fsp3) is 0.200. The van der Waals surface area contributed by atoms with Crippen LogP contribution in [0.5, 0.6) is 0 Å². The zero-order chi connectivity index (χ0) is 38.6. The molecule has 8 aromatic rings. The Hall–Kier alpha value is -5.90. The average molecular weight is 765 g/mol. The molecule has 0 radical (unpaired) electrons. The second-order valence-electron chi connectivity index (χ2n) is 17.6. The molecule has 1 saturated carbocycles. The lowest BCUT2D eigenvalue weighted by Gasteiger charge is -2.41. The molecule has 4 aliphatic carbocycles. The van der Waals surface area contributed by atoms with E-state index >= 15 is 0 Å². The van der Waals surface area contributed by atoms with E-state index in [1.54, 1.807) is 22.5 Å². The van der Waals surface area contributed by atoms with Gasteiger partial charge >= 0.3 is 0 Å². The zero-order valence-corrected chi connectivity index (χ0v) is 33.8. The van der Waals surface area contributed by atoms with Crippen LogP contribution < -0.4 is 0 Å². The maximum absolute atomic E-state index is 5.21. The molecule has 280 valence electrons. The van der Waals surface area contributed by atoms with Gasteiger partial charge in [-0.3, -0.25) is 0 Å². The molecule has 3 heteroatoms. The number of allylic oxidation sites excluding steroid dienone is 4. The number of rotatable bonds is 4. The molecule has 2 nitrogen and oxygen atoms in total. The van der Waals surface area contributed by atoms with Crippen molar-refractivity contribution in [1.82, 2.24) is 9.97 Å². The lowest BCUT2D eigenvalue weighted by Crippen LogP contribution is -2.35. The number of hydrogen-bond acceptors (Lipinski definition) is 3. The van der Waals surface area contributed by atoms with Crippen LogP contribution in [0.3, 0.4) is 0 Å². The summed E-state index contributed by atoms with van der Waals surface area (Å²) >= 11 is 1.74. The van der Waals surface area contributed by atoms with Crippen LogP contribution in [-0.2, 0) is 10.8 Å². The van der Waals surface area contributed by atoms with E-state index in [-0.39, 0.29) is 10.8 Å². The Morgan fingerprint density at radius 3 is 2.00 bits per heavy atom. The lowest BCUT2D eigenvalue weighted by atomic mass is 9.62. The van der Waals surface area contributed by atoms with Gasteiger partial charge in [-0.05, 0) is 86.5 Å². The Morgan fingerprint density at radius 2 is 1.22 bits per heavy atom. The summed E-state index contributed by atoms with van der Waals surface area (Å²) in [6.45, 7) is 4.87. The second-order valence-corrected chi connectivity index (χ2v) is 18.6. The monoisotopic (exact) mass is 764 g/mol. The van der Waals surface area contributed by atoms with Gasteiger partial charge in [-0.1, -0.05) is 179 Å². The Labute approximate surface area is 344 Å². The first kappa shape index (κ1) is 34.2. The van der Waals surface area contributed by atoms with Gasteiger partial charge in [0.25, 0.3) is 0 Å². The van der Waals surface area contributed by atoms with E-state index in [1.165, 1.54) is 86.7 Å². The minimum atomic E-state index is -0.0181.